The van der Waals surface area contributed by atoms with Crippen molar-refractivity contribution in [2.24, 2.45) is 5.92 Å². The molecule has 1 fully saturated rings. The van der Waals surface area contributed by atoms with Crippen LogP contribution in [-0.2, 0) is 0 Å². The number of allylic oxidation sites excluding steroid dienone is 1. The summed E-state index contributed by atoms with van der Waals surface area (Å²) in [7, 11) is 1.88. The van der Waals surface area contributed by atoms with Gasteiger partial charge >= 0.3 is 0 Å². The molecule has 142 valence electrons. The zero-order valence-corrected chi connectivity index (χ0v) is 17.6. The lowest BCUT2D eigenvalue weighted by molar-refractivity contribution is 0.0304. The molecule has 1 aliphatic carbocycles. The topological polar surface area (TPSA) is 44.3 Å². The smallest absolute Gasteiger partial charge is 0.0891 e. The van der Waals surface area contributed by atoms with Crippen LogP contribution in [0, 0.1) is 5.92 Å². The highest BCUT2D eigenvalue weighted by atomic mass is 32.2. The van der Waals surface area contributed by atoms with Gasteiger partial charge in [0, 0.05) is 18.7 Å². The normalized spacial score (nSPS) is 22.9. The summed E-state index contributed by atoms with van der Waals surface area (Å²) in [5.74, 6) is 0.720. The van der Waals surface area contributed by atoms with Crippen LogP contribution in [0.3, 0.4) is 0 Å². The maximum Gasteiger partial charge on any atom is 0.0891 e. The van der Waals surface area contributed by atoms with Crippen molar-refractivity contribution in [3.63, 3.8) is 0 Å². The Kier molecular flexibility index (Phi) is 17.1. The average molecular weight is 357 g/mol. The Morgan fingerprint density at radius 1 is 1.17 bits per heavy atom. The Labute approximate surface area is 155 Å². The molecule has 0 unspecified atom stereocenters. The lowest BCUT2D eigenvalue weighted by Gasteiger charge is -2.35. The molecule has 4 heteroatoms. The van der Waals surface area contributed by atoms with Crippen molar-refractivity contribution in [3.8, 4) is 0 Å². The first-order valence-corrected chi connectivity index (χ1v) is 10.1. The molecule has 1 aliphatic rings. The van der Waals surface area contributed by atoms with Crippen LogP contribution in [0.25, 0.3) is 0 Å². The number of nitrogens with one attached hydrogen (secondary N) is 2. The van der Waals surface area contributed by atoms with Gasteiger partial charge in [-0.15, -0.1) is 0 Å². The van der Waals surface area contributed by atoms with Gasteiger partial charge in [-0.25, -0.2) is 0 Å². The van der Waals surface area contributed by atoms with Gasteiger partial charge in [0.15, 0.2) is 0 Å². The van der Waals surface area contributed by atoms with E-state index in [1.165, 1.54) is 12.1 Å². The van der Waals surface area contributed by atoms with Crippen molar-refractivity contribution in [1.82, 2.24) is 9.44 Å². The van der Waals surface area contributed by atoms with Gasteiger partial charge in [0.2, 0.25) is 0 Å². The van der Waals surface area contributed by atoms with Gasteiger partial charge in [-0.1, -0.05) is 65.5 Å². The van der Waals surface area contributed by atoms with Gasteiger partial charge in [-0.3, -0.25) is 9.44 Å². The van der Waals surface area contributed by atoms with E-state index < -0.39 is 5.60 Å². The molecule has 0 aromatic rings. The van der Waals surface area contributed by atoms with Crippen molar-refractivity contribution >= 4 is 12.1 Å². The van der Waals surface area contributed by atoms with Crippen LogP contribution in [-0.4, -0.2) is 24.3 Å². The highest BCUT2D eigenvalue weighted by molar-refractivity contribution is 7.95. The first-order chi connectivity index (χ1) is 11.5. The lowest BCUT2D eigenvalue weighted by Crippen LogP contribution is -2.34. The predicted molar refractivity (Wildman–Crippen MR) is 112 cm³/mol. The van der Waals surface area contributed by atoms with Crippen LogP contribution in [0.2, 0.25) is 0 Å². The van der Waals surface area contributed by atoms with E-state index in [0.29, 0.717) is 0 Å². The van der Waals surface area contributed by atoms with Gasteiger partial charge in [-0.2, -0.15) is 0 Å². The minimum atomic E-state index is -0.705. The molecule has 0 saturated heterocycles. The standard InChI is InChI=1S/C16H28N2OS.2C2H6/c1-13(9-12-18-20-17-4)5-6-15(3)16(19)10-7-14(2)8-11-16;2*1-2/h5-6,14,17-19H,1,3,7-12H2,2,4H3;2*1-2H3/b6-5-;;. The molecule has 1 rings (SSSR count). The van der Waals surface area contributed by atoms with E-state index in [4.69, 9.17) is 0 Å². The van der Waals surface area contributed by atoms with Crippen molar-refractivity contribution in [2.75, 3.05) is 13.6 Å². The zero-order chi connectivity index (χ0) is 19.0. The average Bonchev–Trinajstić information content (AvgIpc) is 2.62. The minimum Gasteiger partial charge on any atom is -0.385 e. The molecule has 0 spiro atoms. The van der Waals surface area contributed by atoms with Gasteiger partial charge < -0.3 is 5.11 Å². The van der Waals surface area contributed by atoms with E-state index in [0.717, 1.165) is 55.7 Å². The Morgan fingerprint density at radius 2 is 1.71 bits per heavy atom. The maximum absolute atomic E-state index is 10.6. The summed E-state index contributed by atoms with van der Waals surface area (Å²) in [6.45, 7) is 19.2. The summed E-state index contributed by atoms with van der Waals surface area (Å²) in [5, 5.41) is 10.6. The summed E-state index contributed by atoms with van der Waals surface area (Å²) < 4.78 is 6.12. The summed E-state index contributed by atoms with van der Waals surface area (Å²) in [4.78, 5) is 0. The molecule has 0 amide bonds. The molecule has 0 atom stereocenters. The first kappa shape index (κ1) is 25.7. The van der Waals surface area contributed by atoms with E-state index >= 15 is 0 Å². The van der Waals surface area contributed by atoms with Crippen LogP contribution in [0.1, 0.15) is 66.7 Å². The molecule has 0 aromatic heterocycles. The van der Waals surface area contributed by atoms with Crippen molar-refractivity contribution < 1.29 is 5.11 Å². The number of rotatable bonds is 8. The lowest BCUT2D eigenvalue weighted by atomic mass is 9.76. The largest absolute Gasteiger partial charge is 0.385 e. The summed E-state index contributed by atoms with van der Waals surface area (Å²) in [5.41, 5.74) is 1.16. The fourth-order valence-electron chi connectivity index (χ4n) is 2.35. The highest BCUT2D eigenvalue weighted by Gasteiger charge is 2.33. The summed E-state index contributed by atoms with van der Waals surface area (Å²) in [6.07, 6.45) is 8.60. The number of aliphatic hydroxyl groups is 1. The molecule has 0 radical (unpaired) electrons. The second kappa shape index (κ2) is 15.9. The zero-order valence-electron chi connectivity index (χ0n) is 16.7. The Morgan fingerprint density at radius 3 is 2.21 bits per heavy atom. The molecular weight excluding hydrogens is 316 g/mol. The monoisotopic (exact) mass is 356 g/mol. The maximum atomic E-state index is 10.6. The third-order valence-electron chi connectivity index (χ3n) is 3.94. The molecule has 3 N–H and O–H groups in total. The van der Waals surface area contributed by atoms with Crippen LogP contribution >= 0.6 is 12.1 Å². The quantitative estimate of drug-likeness (QED) is 0.309. The summed E-state index contributed by atoms with van der Waals surface area (Å²) >= 11 is 1.47. The van der Waals surface area contributed by atoms with E-state index in [2.05, 4.69) is 29.5 Å². The van der Waals surface area contributed by atoms with Crippen LogP contribution in [0.5, 0.6) is 0 Å². The second-order valence-electron chi connectivity index (χ2n) is 5.68. The Hall–Kier alpha value is -0.550. The molecule has 1 saturated carbocycles. The second-order valence-corrected chi connectivity index (χ2v) is 6.58. The van der Waals surface area contributed by atoms with Crippen molar-refractivity contribution in [3.05, 3.63) is 36.5 Å². The Balaban J connectivity index is 0. The molecular formula is C20H40N2OS. The van der Waals surface area contributed by atoms with Crippen molar-refractivity contribution in [1.29, 1.82) is 0 Å². The molecule has 3 nitrogen and oxygen atoms in total. The van der Waals surface area contributed by atoms with E-state index in [1.54, 1.807) is 0 Å². The third kappa shape index (κ3) is 11.1. The molecule has 0 aliphatic heterocycles. The van der Waals surface area contributed by atoms with Crippen LogP contribution in [0.4, 0.5) is 0 Å². The van der Waals surface area contributed by atoms with Gasteiger partial charge in [0.1, 0.15) is 0 Å². The highest BCUT2D eigenvalue weighted by Crippen LogP contribution is 2.36. The van der Waals surface area contributed by atoms with Gasteiger partial charge in [-0.05, 0) is 50.6 Å². The first-order valence-electron chi connectivity index (χ1n) is 9.31. The Bertz CT molecular complexity index is 359. The summed E-state index contributed by atoms with van der Waals surface area (Å²) in [6, 6.07) is 0. The number of hydrogen-bond donors (Lipinski definition) is 3. The molecule has 0 heterocycles. The van der Waals surface area contributed by atoms with Gasteiger partial charge in [0.25, 0.3) is 0 Å². The van der Waals surface area contributed by atoms with Crippen LogP contribution in [0.15, 0.2) is 36.5 Å². The minimum absolute atomic E-state index is 0.705. The van der Waals surface area contributed by atoms with E-state index in [9.17, 15) is 5.11 Å². The molecule has 24 heavy (non-hydrogen) atoms. The van der Waals surface area contributed by atoms with Crippen molar-refractivity contribution in [2.45, 2.75) is 72.3 Å². The molecule has 0 bridgehead atoms. The van der Waals surface area contributed by atoms with Gasteiger partial charge in [0.05, 0.1) is 5.60 Å². The van der Waals surface area contributed by atoms with E-state index in [1.807, 2.05) is 46.9 Å². The fourth-order valence-corrected chi connectivity index (χ4v) is 2.70. The molecule has 0 aromatic carbocycles. The predicted octanol–water partition coefficient (Wildman–Crippen LogP) is 5.41. The van der Waals surface area contributed by atoms with Crippen LogP contribution < -0.4 is 9.44 Å². The SMILES string of the molecule is C=C(/C=C\C(=C)C1(O)CCC(C)CC1)CCNSNC.CC.CC. The number of hydrogen-bond acceptors (Lipinski definition) is 4. The van der Waals surface area contributed by atoms with E-state index in [-0.39, 0.29) is 0 Å². The third-order valence-corrected chi connectivity index (χ3v) is 4.49. The fraction of sp³-hybridized carbons (Fsp3) is 0.700.